The van der Waals surface area contributed by atoms with Gasteiger partial charge < -0.3 is 5.32 Å². The third-order valence-corrected chi connectivity index (χ3v) is 5.67. The zero-order valence-corrected chi connectivity index (χ0v) is 13.7. The van der Waals surface area contributed by atoms with Gasteiger partial charge in [0.2, 0.25) is 10.0 Å². The predicted octanol–water partition coefficient (Wildman–Crippen LogP) is 1.49. The molecule has 0 bridgehead atoms. The van der Waals surface area contributed by atoms with Gasteiger partial charge >= 0.3 is 0 Å². The van der Waals surface area contributed by atoms with E-state index in [1.54, 1.807) is 13.8 Å². The number of nitro benzene ring substituents is 1. The largest absolute Gasteiger partial charge is 0.316 e. The zero-order valence-electron chi connectivity index (χ0n) is 12.9. The fraction of sp³-hybridized carbons (Fsp3) is 0.571. The lowest BCUT2D eigenvalue weighted by Crippen LogP contribution is -2.48. The minimum absolute atomic E-state index is 0.133. The Labute approximate surface area is 130 Å². The lowest BCUT2D eigenvalue weighted by Gasteiger charge is -2.29. The van der Waals surface area contributed by atoms with Crippen molar-refractivity contribution in [2.24, 2.45) is 5.92 Å². The van der Waals surface area contributed by atoms with E-state index in [0.29, 0.717) is 17.5 Å². The number of hydrogen-bond donors (Lipinski definition) is 2. The van der Waals surface area contributed by atoms with Gasteiger partial charge in [-0.05, 0) is 56.5 Å². The number of rotatable bonds is 4. The number of nitro groups is 1. The minimum Gasteiger partial charge on any atom is -0.316 e. The number of aryl methyl sites for hydroxylation is 2. The van der Waals surface area contributed by atoms with Gasteiger partial charge in [-0.3, -0.25) is 10.1 Å². The van der Waals surface area contributed by atoms with Gasteiger partial charge in [-0.15, -0.1) is 0 Å². The Morgan fingerprint density at radius 2 is 1.95 bits per heavy atom. The molecule has 1 heterocycles. The molecule has 1 saturated heterocycles. The van der Waals surface area contributed by atoms with Crippen LogP contribution >= 0.6 is 0 Å². The summed E-state index contributed by atoms with van der Waals surface area (Å²) in [4.78, 5) is 10.3. The highest BCUT2D eigenvalue weighted by atomic mass is 32.2. The first-order valence-electron chi connectivity index (χ1n) is 7.21. The molecule has 2 atom stereocenters. The Hall–Kier alpha value is -1.51. The molecule has 8 heteroatoms. The quantitative estimate of drug-likeness (QED) is 0.644. The van der Waals surface area contributed by atoms with Crippen LogP contribution in [0.5, 0.6) is 0 Å². The molecular formula is C14H21N3O4S. The molecule has 0 amide bonds. The molecule has 2 rings (SSSR count). The summed E-state index contributed by atoms with van der Waals surface area (Å²) in [6.45, 7) is 6.87. The molecule has 22 heavy (non-hydrogen) atoms. The van der Waals surface area contributed by atoms with Crippen molar-refractivity contribution in [2.45, 2.75) is 38.1 Å². The van der Waals surface area contributed by atoms with Crippen molar-refractivity contribution in [3.63, 3.8) is 0 Å². The second-order valence-electron chi connectivity index (χ2n) is 5.86. The molecule has 1 aromatic rings. The Balaban J connectivity index is 2.40. The van der Waals surface area contributed by atoms with E-state index in [4.69, 9.17) is 0 Å². The second-order valence-corrected chi connectivity index (χ2v) is 7.54. The summed E-state index contributed by atoms with van der Waals surface area (Å²) in [6, 6.07) is 2.48. The van der Waals surface area contributed by atoms with Crippen molar-refractivity contribution < 1.29 is 13.3 Å². The van der Waals surface area contributed by atoms with Crippen LogP contribution in [-0.4, -0.2) is 32.5 Å². The topological polar surface area (TPSA) is 101 Å². The molecule has 0 radical (unpaired) electrons. The molecule has 1 aliphatic heterocycles. The van der Waals surface area contributed by atoms with Crippen LogP contribution in [0.3, 0.4) is 0 Å². The number of nitrogens with one attached hydrogen (secondary N) is 2. The molecule has 1 fully saturated rings. The normalized spacial score (nSPS) is 22.5. The summed E-state index contributed by atoms with van der Waals surface area (Å²) in [6.07, 6.45) is 0.666. The number of nitrogens with zero attached hydrogens (tertiary/aromatic N) is 1. The van der Waals surface area contributed by atoms with Crippen molar-refractivity contribution in [2.75, 3.05) is 13.1 Å². The summed E-state index contributed by atoms with van der Waals surface area (Å²) in [5.41, 5.74) is 1.03. The summed E-state index contributed by atoms with van der Waals surface area (Å²) in [5, 5.41) is 14.4. The van der Waals surface area contributed by atoms with Crippen LogP contribution in [0, 0.1) is 29.9 Å². The number of benzene rings is 1. The third kappa shape index (κ3) is 3.45. The van der Waals surface area contributed by atoms with Gasteiger partial charge in [-0.2, -0.15) is 0 Å². The Kier molecular flexibility index (Phi) is 4.84. The summed E-state index contributed by atoms with van der Waals surface area (Å²) < 4.78 is 27.8. The van der Waals surface area contributed by atoms with E-state index in [-0.39, 0.29) is 22.5 Å². The summed E-state index contributed by atoms with van der Waals surface area (Å²) >= 11 is 0. The Morgan fingerprint density at radius 1 is 1.32 bits per heavy atom. The van der Waals surface area contributed by atoms with Crippen molar-refractivity contribution in [1.29, 1.82) is 0 Å². The van der Waals surface area contributed by atoms with Crippen LogP contribution in [0.2, 0.25) is 0 Å². The van der Waals surface area contributed by atoms with E-state index < -0.39 is 14.9 Å². The van der Waals surface area contributed by atoms with E-state index in [1.807, 2.05) is 6.92 Å². The first-order chi connectivity index (χ1) is 10.2. The number of hydrogen-bond acceptors (Lipinski definition) is 5. The molecule has 122 valence electrons. The average Bonchev–Trinajstić information content (AvgIpc) is 2.43. The van der Waals surface area contributed by atoms with Crippen molar-refractivity contribution in [3.05, 3.63) is 33.4 Å². The zero-order chi connectivity index (χ0) is 16.5. The minimum atomic E-state index is -3.93. The second kappa shape index (κ2) is 6.31. The highest BCUT2D eigenvalue weighted by Gasteiger charge is 2.31. The Morgan fingerprint density at radius 3 is 2.55 bits per heavy atom. The highest BCUT2D eigenvalue weighted by molar-refractivity contribution is 7.89. The van der Waals surface area contributed by atoms with E-state index in [9.17, 15) is 18.5 Å². The van der Waals surface area contributed by atoms with Crippen LogP contribution in [0.4, 0.5) is 5.69 Å². The van der Waals surface area contributed by atoms with Gasteiger partial charge in [-0.1, -0.05) is 6.92 Å². The molecule has 0 aromatic heterocycles. The SMILES string of the molecule is Cc1cc([N+](=O)[O-])c(S(=O)(=O)NC2CCNCC2C)cc1C. The van der Waals surface area contributed by atoms with Crippen LogP contribution in [0.25, 0.3) is 0 Å². The smallest absolute Gasteiger partial charge is 0.289 e. The summed E-state index contributed by atoms with van der Waals surface area (Å²) in [5.74, 6) is 0.133. The molecule has 2 unspecified atom stereocenters. The van der Waals surface area contributed by atoms with E-state index in [0.717, 1.165) is 13.1 Å². The van der Waals surface area contributed by atoms with E-state index >= 15 is 0 Å². The highest BCUT2D eigenvalue weighted by Crippen LogP contribution is 2.28. The lowest BCUT2D eigenvalue weighted by atomic mass is 9.97. The van der Waals surface area contributed by atoms with Gasteiger partial charge in [-0.25, -0.2) is 13.1 Å². The maximum atomic E-state index is 12.6. The van der Waals surface area contributed by atoms with Crippen molar-refractivity contribution >= 4 is 15.7 Å². The maximum Gasteiger partial charge on any atom is 0.289 e. The molecule has 0 spiro atoms. The van der Waals surface area contributed by atoms with Crippen molar-refractivity contribution in [3.8, 4) is 0 Å². The monoisotopic (exact) mass is 327 g/mol. The lowest BCUT2D eigenvalue weighted by molar-refractivity contribution is -0.387. The molecule has 2 N–H and O–H groups in total. The summed E-state index contributed by atoms with van der Waals surface area (Å²) in [7, 11) is -3.93. The van der Waals surface area contributed by atoms with Crippen LogP contribution in [0.1, 0.15) is 24.5 Å². The number of piperidine rings is 1. The molecular weight excluding hydrogens is 306 g/mol. The molecule has 0 aliphatic carbocycles. The van der Waals surface area contributed by atoms with Gasteiger partial charge in [0.15, 0.2) is 4.90 Å². The molecule has 1 aromatic carbocycles. The van der Waals surface area contributed by atoms with E-state index in [2.05, 4.69) is 10.0 Å². The van der Waals surface area contributed by atoms with Crippen molar-refractivity contribution in [1.82, 2.24) is 10.0 Å². The Bertz CT molecular complexity index is 688. The third-order valence-electron chi connectivity index (χ3n) is 4.15. The van der Waals surface area contributed by atoms with Crippen LogP contribution in [-0.2, 0) is 10.0 Å². The number of sulfonamides is 1. The standard InChI is InChI=1S/C14H21N3O4S/c1-9-6-13(17(18)19)14(7-10(9)2)22(20,21)16-12-4-5-15-8-11(12)3/h6-7,11-12,15-16H,4-5,8H2,1-3H3. The van der Waals surface area contributed by atoms with E-state index in [1.165, 1.54) is 12.1 Å². The molecule has 0 saturated carbocycles. The average molecular weight is 327 g/mol. The maximum absolute atomic E-state index is 12.6. The van der Waals surface area contributed by atoms with Crippen LogP contribution in [0.15, 0.2) is 17.0 Å². The van der Waals surface area contributed by atoms with Gasteiger partial charge in [0, 0.05) is 12.1 Å². The van der Waals surface area contributed by atoms with Gasteiger partial charge in [0.05, 0.1) is 4.92 Å². The fourth-order valence-electron chi connectivity index (χ4n) is 2.58. The van der Waals surface area contributed by atoms with Crippen LogP contribution < -0.4 is 10.0 Å². The predicted molar refractivity (Wildman–Crippen MR) is 83.3 cm³/mol. The first-order valence-corrected chi connectivity index (χ1v) is 8.69. The molecule has 1 aliphatic rings. The first kappa shape index (κ1) is 16.9. The van der Waals surface area contributed by atoms with Gasteiger partial charge in [0.25, 0.3) is 5.69 Å². The molecule has 7 nitrogen and oxygen atoms in total. The fourth-order valence-corrected chi connectivity index (χ4v) is 4.20. The van der Waals surface area contributed by atoms with Gasteiger partial charge in [0.1, 0.15) is 0 Å².